The number of carbonyl (C=O) groups excluding carboxylic acids is 1. The van der Waals surface area contributed by atoms with E-state index in [4.69, 9.17) is 0 Å². The fourth-order valence-corrected chi connectivity index (χ4v) is 3.00. The quantitative estimate of drug-likeness (QED) is 0.533. The van der Waals surface area contributed by atoms with Crippen LogP contribution in [0.5, 0.6) is 0 Å². The third-order valence-electron chi connectivity index (χ3n) is 3.95. The maximum absolute atomic E-state index is 12.6. The molecule has 0 radical (unpaired) electrons. The number of rotatable bonds is 5. The van der Waals surface area contributed by atoms with Gasteiger partial charge in [0.2, 0.25) is 0 Å². The van der Waals surface area contributed by atoms with Crippen molar-refractivity contribution in [3.05, 3.63) is 88.8 Å². The summed E-state index contributed by atoms with van der Waals surface area (Å²) in [6.45, 7) is 0.529. The van der Waals surface area contributed by atoms with Gasteiger partial charge in [-0.2, -0.15) is 15.0 Å². The molecular formula is C19H15BrN6O. The first-order valence-corrected chi connectivity index (χ1v) is 9.04. The average Bonchev–Trinajstić information content (AvgIpc) is 3.34. The second kappa shape index (κ2) is 7.55. The van der Waals surface area contributed by atoms with Gasteiger partial charge in [0, 0.05) is 10.5 Å². The Bertz CT molecular complexity index is 1070. The molecule has 7 nitrogen and oxygen atoms in total. The smallest absolute Gasteiger partial charge is 0.279 e. The Morgan fingerprint density at radius 3 is 2.59 bits per heavy atom. The molecule has 1 amide bonds. The van der Waals surface area contributed by atoms with E-state index in [-0.39, 0.29) is 11.6 Å². The van der Waals surface area contributed by atoms with Crippen LogP contribution in [0.2, 0.25) is 0 Å². The highest BCUT2D eigenvalue weighted by Crippen LogP contribution is 2.19. The van der Waals surface area contributed by atoms with Crippen molar-refractivity contribution in [2.45, 2.75) is 6.54 Å². The Morgan fingerprint density at radius 2 is 1.78 bits per heavy atom. The summed E-state index contributed by atoms with van der Waals surface area (Å²) in [4.78, 5) is 14.0. The summed E-state index contributed by atoms with van der Waals surface area (Å²) in [5, 5.41) is 15.5. The highest BCUT2D eigenvalue weighted by Gasteiger charge is 2.14. The molecule has 0 aliphatic heterocycles. The lowest BCUT2D eigenvalue weighted by Crippen LogP contribution is -2.17. The van der Waals surface area contributed by atoms with Crippen LogP contribution in [0.1, 0.15) is 16.1 Å². The third-order valence-corrected chi connectivity index (χ3v) is 4.72. The van der Waals surface area contributed by atoms with Gasteiger partial charge in [0.05, 0.1) is 24.6 Å². The zero-order chi connectivity index (χ0) is 18.6. The van der Waals surface area contributed by atoms with Gasteiger partial charge in [0.25, 0.3) is 5.91 Å². The van der Waals surface area contributed by atoms with E-state index in [1.54, 1.807) is 16.9 Å². The van der Waals surface area contributed by atoms with Crippen molar-refractivity contribution in [1.29, 1.82) is 0 Å². The van der Waals surface area contributed by atoms with E-state index in [0.29, 0.717) is 12.4 Å². The minimum absolute atomic E-state index is 0.229. The van der Waals surface area contributed by atoms with E-state index >= 15 is 0 Å². The van der Waals surface area contributed by atoms with Crippen LogP contribution < -0.4 is 5.32 Å². The van der Waals surface area contributed by atoms with Crippen molar-refractivity contribution in [1.82, 2.24) is 24.8 Å². The number of hydrogen-bond acceptors (Lipinski definition) is 4. The average molecular weight is 423 g/mol. The first kappa shape index (κ1) is 17.2. The number of carbonyl (C=O) groups is 1. The van der Waals surface area contributed by atoms with Gasteiger partial charge in [-0.1, -0.05) is 52.3 Å². The molecule has 4 rings (SSSR count). The minimum Gasteiger partial charge on any atom is -0.305 e. The summed E-state index contributed by atoms with van der Waals surface area (Å²) in [6, 6.07) is 19.1. The number of anilines is 1. The lowest BCUT2D eigenvalue weighted by molar-refractivity contribution is 0.102. The lowest BCUT2D eigenvalue weighted by Gasteiger charge is -2.09. The first-order valence-electron chi connectivity index (χ1n) is 8.25. The van der Waals surface area contributed by atoms with Gasteiger partial charge in [0.1, 0.15) is 5.82 Å². The molecule has 0 aliphatic carbocycles. The molecule has 2 aromatic carbocycles. The lowest BCUT2D eigenvalue weighted by atomic mass is 10.2. The number of amides is 1. The monoisotopic (exact) mass is 422 g/mol. The number of halogens is 1. The molecule has 0 spiro atoms. The molecule has 2 aromatic heterocycles. The van der Waals surface area contributed by atoms with E-state index in [0.717, 1.165) is 15.7 Å². The SMILES string of the molecule is O=C(Nc1ccnn1Cc1ccccc1Br)c1cnn(-c2ccccc2)n1. The van der Waals surface area contributed by atoms with Crippen molar-refractivity contribution in [3.8, 4) is 5.69 Å². The minimum atomic E-state index is -0.342. The summed E-state index contributed by atoms with van der Waals surface area (Å²) >= 11 is 3.53. The van der Waals surface area contributed by atoms with Gasteiger partial charge in [-0.05, 0) is 23.8 Å². The Hall–Kier alpha value is -3.26. The summed E-state index contributed by atoms with van der Waals surface area (Å²) in [5.41, 5.74) is 2.08. The van der Waals surface area contributed by atoms with Crippen molar-refractivity contribution >= 4 is 27.7 Å². The van der Waals surface area contributed by atoms with Crippen LogP contribution in [0.3, 0.4) is 0 Å². The van der Waals surface area contributed by atoms with Crippen molar-refractivity contribution in [3.63, 3.8) is 0 Å². The summed E-state index contributed by atoms with van der Waals surface area (Å²) in [6.07, 6.45) is 3.09. The van der Waals surface area contributed by atoms with Crippen LogP contribution in [0.4, 0.5) is 5.82 Å². The van der Waals surface area contributed by atoms with E-state index in [2.05, 4.69) is 36.5 Å². The Kier molecular flexibility index (Phi) is 4.80. The maximum atomic E-state index is 12.6. The first-order chi connectivity index (χ1) is 13.2. The maximum Gasteiger partial charge on any atom is 0.279 e. The summed E-state index contributed by atoms with van der Waals surface area (Å²) in [7, 11) is 0. The molecule has 0 bridgehead atoms. The second-order valence-corrected chi connectivity index (χ2v) is 6.63. The Labute approximate surface area is 163 Å². The fraction of sp³-hybridized carbons (Fsp3) is 0.0526. The molecule has 0 aliphatic rings. The molecular weight excluding hydrogens is 408 g/mol. The number of nitrogens with one attached hydrogen (secondary N) is 1. The van der Waals surface area contributed by atoms with E-state index < -0.39 is 0 Å². The topological polar surface area (TPSA) is 77.6 Å². The molecule has 4 aromatic rings. The second-order valence-electron chi connectivity index (χ2n) is 5.77. The van der Waals surface area contributed by atoms with Crippen LogP contribution >= 0.6 is 15.9 Å². The summed E-state index contributed by atoms with van der Waals surface area (Å²) < 4.78 is 2.71. The number of benzene rings is 2. The molecule has 2 heterocycles. The van der Waals surface area contributed by atoms with E-state index in [1.165, 1.54) is 11.0 Å². The van der Waals surface area contributed by atoms with E-state index in [1.807, 2.05) is 54.6 Å². The van der Waals surface area contributed by atoms with E-state index in [9.17, 15) is 4.79 Å². The van der Waals surface area contributed by atoms with Gasteiger partial charge in [-0.25, -0.2) is 4.68 Å². The van der Waals surface area contributed by atoms with Crippen molar-refractivity contribution in [2.75, 3.05) is 5.32 Å². The molecule has 0 atom stereocenters. The molecule has 0 saturated heterocycles. The van der Waals surface area contributed by atoms with Crippen LogP contribution in [0.25, 0.3) is 5.69 Å². The van der Waals surface area contributed by atoms with Crippen molar-refractivity contribution < 1.29 is 4.79 Å². The predicted octanol–water partition coefficient (Wildman–Crippen LogP) is 3.53. The van der Waals surface area contributed by atoms with Gasteiger partial charge in [0.15, 0.2) is 5.69 Å². The number of para-hydroxylation sites is 1. The van der Waals surface area contributed by atoms with Crippen molar-refractivity contribution in [2.24, 2.45) is 0 Å². The number of hydrogen-bond donors (Lipinski definition) is 1. The van der Waals surface area contributed by atoms with Gasteiger partial charge >= 0.3 is 0 Å². The molecule has 8 heteroatoms. The Balaban J connectivity index is 1.51. The van der Waals surface area contributed by atoms with Gasteiger partial charge in [-0.15, -0.1) is 5.10 Å². The molecule has 0 unspecified atom stereocenters. The predicted molar refractivity (Wildman–Crippen MR) is 105 cm³/mol. The van der Waals surface area contributed by atoms with Gasteiger partial charge < -0.3 is 5.32 Å². The van der Waals surface area contributed by atoms with Crippen LogP contribution in [0, 0.1) is 0 Å². The third kappa shape index (κ3) is 3.80. The standard InChI is InChI=1S/C19H15BrN6O/c20-16-9-5-4-6-14(16)13-25-18(10-11-21-25)23-19(27)17-12-22-26(24-17)15-7-2-1-3-8-15/h1-12H,13H2,(H,23,27). The fourth-order valence-electron chi connectivity index (χ4n) is 2.59. The van der Waals surface area contributed by atoms with Crippen LogP contribution in [-0.4, -0.2) is 30.7 Å². The highest BCUT2D eigenvalue weighted by atomic mass is 79.9. The Morgan fingerprint density at radius 1 is 1.00 bits per heavy atom. The molecule has 27 heavy (non-hydrogen) atoms. The highest BCUT2D eigenvalue weighted by molar-refractivity contribution is 9.10. The zero-order valence-electron chi connectivity index (χ0n) is 14.2. The molecule has 0 saturated carbocycles. The van der Waals surface area contributed by atoms with Crippen LogP contribution in [-0.2, 0) is 6.54 Å². The molecule has 134 valence electrons. The van der Waals surface area contributed by atoms with Crippen LogP contribution in [0.15, 0.2) is 77.5 Å². The molecule has 1 N–H and O–H groups in total. The zero-order valence-corrected chi connectivity index (χ0v) is 15.7. The largest absolute Gasteiger partial charge is 0.305 e. The number of aromatic nitrogens is 5. The molecule has 0 fully saturated rings. The van der Waals surface area contributed by atoms with Gasteiger partial charge in [-0.3, -0.25) is 4.79 Å². The number of nitrogens with zero attached hydrogens (tertiary/aromatic N) is 5. The normalized spacial score (nSPS) is 10.7. The summed E-state index contributed by atoms with van der Waals surface area (Å²) in [5.74, 6) is 0.246.